The first-order chi connectivity index (χ1) is 7.13. The normalized spacial score (nSPS) is 10.1. The van der Waals surface area contributed by atoms with Gasteiger partial charge in [-0.2, -0.15) is 0 Å². The standard InChI is InChI=1S/C13H16O2.H2/c1-4-12(14)9-15-13-7-5-6-11(8-13)10(2)3;/h4-8,10H,1,9H2,2-3H3;1H. The molecule has 0 saturated carbocycles. The van der Waals surface area contributed by atoms with Crippen LogP contribution in [0.25, 0.3) is 0 Å². The molecule has 0 N–H and O–H groups in total. The molecule has 0 aromatic heterocycles. The highest BCUT2D eigenvalue weighted by molar-refractivity contribution is 5.90. The van der Waals surface area contributed by atoms with E-state index in [2.05, 4.69) is 20.4 Å². The van der Waals surface area contributed by atoms with Crippen molar-refractivity contribution in [1.29, 1.82) is 0 Å². The molecule has 0 aliphatic rings. The summed E-state index contributed by atoms with van der Waals surface area (Å²) in [5.41, 5.74) is 1.21. The minimum Gasteiger partial charge on any atom is -0.485 e. The van der Waals surface area contributed by atoms with Crippen LogP contribution in [0.3, 0.4) is 0 Å². The molecule has 0 saturated heterocycles. The topological polar surface area (TPSA) is 26.3 Å². The monoisotopic (exact) mass is 206 g/mol. The second-order valence-corrected chi connectivity index (χ2v) is 3.69. The molecular weight excluding hydrogens is 188 g/mol. The molecule has 2 heteroatoms. The summed E-state index contributed by atoms with van der Waals surface area (Å²) >= 11 is 0. The van der Waals surface area contributed by atoms with Crippen LogP contribution in [-0.2, 0) is 4.79 Å². The molecule has 82 valence electrons. The van der Waals surface area contributed by atoms with Crippen LogP contribution in [0.2, 0.25) is 0 Å². The van der Waals surface area contributed by atoms with E-state index < -0.39 is 0 Å². The fourth-order valence-electron chi connectivity index (χ4n) is 1.18. The Morgan fingerprint density at radius 1 is 1.60 bits per heavy atom. The molecule has 1 aromatic carbocycles. The Bertz CT molecular complexity index is 359. The van der Waals surface area contributed by atoms with E-state index in [9.17, 15) is 4.79 Å². The third-order valence-electron chi connectivity index (χ3n) is 2.13. The Morgan fingerprint density at radius 2 is 2.33 bits per heavy atom. The molecule has 0 fully saturated rings. The predicted molar refractivity (Wildman–Crippen MR) is 63.3 cm³/mol. The van der Waals surface area contributed by atoms with E-state index in [4.69, 9.17) is 4.74 Å². The lowest BCUT2D eigenvalue weighted by Crippen LogP contribution is -2.07. The second-order valence-electron chi connectivity index (χ2n) is 3.69. The Morgan fingerprint density at radius 3 is 2.93 bits per heavy atom. The molecular formula is C13H18O2. The Balaban J connectivity index is 0.00000225. The average Bonchev–Trinajstić information content (AvgIpc) is 2.26. The minimum atomic E-state index is -0.107. The van der Waals surface area contributed by atoms with Crippen LogP contribution in [0.5, 0.6) is 5.75 Å². The highest BCUT2D eigenvalue weighted by atomic mass is 16.5. The minimum absolute atomic E-state index is 0. The molecule has 0 radical (unpaired) electrons. The lowest BCUT2D eigenvalue weighted by Gasteiger charge is -2.08. The van der Waals surface area contributed by atoms with Crippen LogP contribution in [0.4, 0.5) is 0 Å². The predicted octanol–water partition coefficient (Wildman–Crippen LogP) is 3.19. The number of carbonyl (C=O) groups is 1. The van der Waals surface area contributed by atoms with Crippen LogP contribution >= 0.6 is 0 Å². The molecule has 0 unspecified atom stereocenters. The molecule has 15 heavy (non-hydrogen) atoms. The van der Waals surface area contributed by atoms with Crippen LogP contribution < -0.4 is 4.74 Å². The second kappa shape index (κ2) is 5.35. The summed E-state index contributed by atoms with van der Waals surface area (Å²) in [6, 6.07) is 7.79. The van der Waals surface area contributed by atoms with E-state index in [1.165, 1.54) is 11.6 Å². The average molecular weight is 206 g/mol. The van der Waals surface area contributed by atoms with Crippen molar-refractivity contribution in [2.45, 2.75) is 19.8 Å². The molecule has 0 amide bonds. The zero-order chi connectivity index (χ0) is 11.3. The van der Waals surface area contributed by atoms with Gasteiger partial charge in [-0.3, -0.25) is 4.79 Å². The van der Waals surface area contributed by atoms with Crippen molar-refractivity contribution in [2.24, 2.45) is 0 Å². The van der Waals surface area contributed by atoms with Gasteiger partial charge in [0, 0.05) is 1.43 Å². The number of ketones is 1. The van der Waals surface area contributed by atoms with E-state index in [-0.39, 0.29) is 13.8 Å². The third kappa shape index (κ3) is 3.58. The molecule has 0 heterocycles. The van der Waals surface area contributed by atoms with E-state index in [0.29, 0.717) is 5.92 Å². The van der Waals surface area contributed by atoms with Gasteiger partial charge in [0.05, 0.1) is 0 Å². The SMILES string of the molecule is C=CC(=O)COc1cccc(C(C)C)c1.[HH]. The van der Waals surface area contributed by atoms with E-state index in [1.807, 2.05) is 24.3 Å². The first-order valence-electron chi connectivity index (χ1n) is 5.01. The van der Waals surface area contributed by atoms with Gasteiger partial charge in [0.25, 0.3) is 0 Å². The Kier molecular flexibility index (Phi) is 4.10. The zero-order valence-electron chi connectivity index (χ0n) is 9.19. The molecule has 1 rings (SSSR count). The van der Waals surface area contributed by atoms with Crippen molar-refractivity contribution >= 4 is 5.78 Å². The lowest BCUT2D eigenvalue weighted by atomic mass is 10.0. The highest BCUT2D eigenvalue weighted by Crippen LogP contribution is 2.19. The van der Waals surface area contributed by atoms with Crippen molar-refractivity contribution < 1.29 is 11.0 Å². The highest BCUT2D eigenvalue weighted by Gasteiger charge is 2.02. The number of ether oxygens (including phenoxy) is 1. The van der Waals surface area contributed by atoms with Crippen LogP contribution in [-0.4, -0.2) is 12.4 Å². The third-order valence-corrected chi connectivity index (χ3v) is 2.13. The molecule has 1 aromatic rings. The number of rotatable bonds is 5. The molecule has 0 bridgehead atoms. The molecule has 0 aliphatic carbocycles. The quantitative estimate of drug-likeness (QED) is 0.691. The first-order valence-corrected chi connectivity index (χ1v) is 5.01. The van der Waals surface area contributed by atoms with Crippen LogP contribution in [0.1, 0.15) is 26.8 Å². The summed E-state index contributed by atoms with van der Waals surface area (Å²) in [5.74, 6) is 1.09. The van der Waals surface area contributed by atoms with Gasteiger partial charge in [-0.1, -0.05) is 32.6 Å². The van der Waals surface area contributed by atoms with Gasteiger partial charge in [-0.25, -0.2) is 0 Å². The van der Waals surface area contributed by atoms with E-state index in [1.54, 1.807) is 0 Å². The fourth-order valence-corrected chi connectivity index (χ4v) is 1.18. The van der Waals surface area contributed by atoms with Gasteiger partial charge < -0.3 is 4.74 Å². The van der Waals surface area contributed by atoms with Gasteiger partial charge in [0.2, 0.25) is 0 Å². The molecule has 0 aliphatic heterocycles. The summed E-state index contributed by atoms with van der Waals surface area (Å²) in [6.45, 7) is 7.69. The summed E-state index contributed by atoms with van der Waals surface area (Å²) in [5, 5.41) is 0. The van der Waals surface area contributed by atoms with Crippen molar-refractivity contribution in [2.75, 3.05) is 6.61 Å². The fraction of sp³-hybridized carbons (Fsp3) is 0.308. The van der Waals surface area contributed by atoms with Gasteiger partial charge in [-0.05, 0) is 29.7 Å². The summed E-state index contributed by atoms with van der Waals surface area (Å²) < 4.78 is 5.33. The van der Waals surface area contributed by atoms with Gasteiger partial charge in [0.1, 0.15) is 5.75 Å². The smallest absolute Gasteiger partial charge is 0.192 e. The maximum absolute atomic E-state index is 11.0. The number of carbonyl (C=O) groups excluding carboxylic acids is 1. The maximum atomic E-state index is 11.0. The van der Waals surface area contributed by atoms with Gasteiger partial charge in [-0.15, -0.1) is 0 Å². The van der Waals surface area contributed by atoms with Crippen molar-refractivity contribution in [1.82, 2.24) is 0 Å². The van der Waals surface area contributed by atoms with Crippen LogP contribution in [0.15, 0.2) is 36.9 Å². The van der Waals surface area contributed by atoms with E-state index in [0.717, 1.165) is 5.75 Å². The van der Waals surface area contributed by atoms with Crippen LogP contribution in [0, 0.1) is 0 Å². The first kappa shape index (κ1) is 11.5. The number of hydrogen-bond acceptors (Lipinski definition) is 2. The van der Waals surface area contributed by atoms with Crippen molar-refractivity contribution in [3.05, 3.63) is 42.5 Å². The largest absolute Gasteiger partial charge is 0.485 e. The zero-order valence-corrected chi connectivity index (χ0v) is 9.19. The van der Waals surface area contributed by atoms with E-state index >= 15 is 0 Å². The summed E-state index contributed by atoms with van der Waals surface area (Å²) in [6.07, 6.45) is 1.27. The van der Waals surface area contributed by atoms with Crippen molar-refractivity contribution in [3.8, 4) is 5.75 Å². The lowest BCUT2D eigenvalue weighted by molar-refractivity contribution is -0.116. The molecule has 0 spiro atoms. The van der Waals surface area contributed by atoms with Crippen molar-refractivity contribution in [3.63, 3.8) is 0 Å². The Labute approximate surface area is 92.1 Å². The Hall–Kier alpha value is -1.57. The van der Waals surface area contributed by atoms with Gasteiger partial charge in [0.15, 0.2) is 12.4 Å². The molecule has 2 nitrogen and oxygen atoms in total. The molecule has 0 atom stereocenters. The van der Waals surface area contributed by atoms with Gasteiger partial charge >= 0.3 is 0 Å². The number of hydrogen-bond donors (Lipinski definition) is 0. The summed E-state index contributed by atoms with van der Waals surface area (Å²) in [7, 11) is 0. The summed E-state index contributed by atoms with van der Waals surface area (Å²) in [4.78, 5) is 11.0. The maximum Gasteiger partial charge on any atom is 0.192 e. The number of benzene rings is 1.